The number of carbonyl (C=O) groups is 1. The second-order valence-corrected chi connectivity index (χ2v) is 8.17. The molecule has 0 aliphatic heterocycles. The predicted octanol–water partition coefficient (Wildman–Crippen LogP) is 4.72. The second kappa shape index (κ2) is 9.28. The number of rotatable bonds is 6. The quantitative estimate of drug-likeness (QED) is 0.502. The Bertz CT molecular complexity index is 1110. The minimum atomic E-state index is -1.39. The molecule has 1 aliphatic carbocycles. The maximum absolute atomic E-state index is 13.6. The zero-order chi connectivity index (χ0) is 22.8. The Labute approximate surface area is 190 Å². The molecule has 1 aliphatic rings. The zero-order valence-electron chi connectivity index (χ0n) is 17.4. The van der Waals surface area contributed by atoms with Crippen molar-refractivity contribution in [1.29, 1.82) is 0 Å². The van der Waals surface area contributed by atoms with Gasteiger partial charge < -0.3 is 20.3 Å². The van der Waals surface area contributed by atoms with Gasteiger partial charge >= 0.3 is 6.09 Å². The summed E-state index contributed by atoms with van der Waals surface area (Å²) in [7, 11) is 0. The first-order valence-corrected chi connectivity index (χ1v) is 10.7. The van der Waals surface area contributed by atoms with Gasteiger partial charge in [-0.25, -0.2) is 9.18 Å². The van der Waals surface area contributed by atoms with Crippen molar-refractivity contribution in [3.8, 4) is 11.1 Å². The highest BCUT2D eigenvalue weighted by molar-refractivity contribution is 6.32. The summed E-state index contributed by atoms with van der Waals surface area (Å²) in [5, 5.41) is 23.1. The average Bonchev–Trinajstić information content (AvgIpc) is 3.13. The number of halogens is 2. The van der Waals surface area contributed by atoms with Gasteiger partial charge in [-0.15, -0.1) is 0 Å². The molecule has 3 aromatic rings. The fourth-order valence-electron chi connectivity index (χ4n) is 4.07. The SMILES string of the molecule is Cc1c(F)ccc(C(O)C(O)CNC(=O)OCC2c3ccccc3-c3ccccc32)c1Cl. The van der Waals surface area contributed by atoms with Crippen molar-refractivity contribution >= 4 is 17.7 Å². The van der Waals surface area contributed by atoms with Crippen LogP contribution in [0.4, 0.5) is 9.18 Å². The monoisotopic (exact) mass is 455 g/mol. The van der Waals surface area contributed by atoms with Crippen molar-refractivity contribution in [2.75, 3.05) is 13.2 Å². The minimum absolute atomic E-state index is 0.0395. The molecule has 2 atom stereocenters. The molecule has 0 bridgehead atoms. The first-order valence-electron chi connectivity index (χ1n) is 10.3. The Morgan fingerprint density at radius 3 is 2.28 bits per heavy atom. The summed E-state index contributed by atoms with van der Waals surface area (Å²) < 4.78 is 19.0. The van der Waals surface area contributed by atoms with Gasteiger partial charge in [0.05, 0.1) is 5.02 Å². The van der Waals surface area contributed by atoms with Gasteiger partial charge in [-0.1, -0.05) is 66.2 Å². The van der Waals surface area contributed by atoms with Gasteiger partial charge in [0.15, 0.2) is 0 Å². The number of hydrogen-bond donors (Lipinski definition) is 3. The number of nitrogens with one attached hydrogen (secondary N) is 1. The maximum atomic E-state index is 13.6. The molecule has 0 heterocycles. The highest BCUT2D eigenvalue weighted by Gasteiger charge is 2.29. The number of benzene rings is 3. The van der Waals surface area contributed by atoms with E-state index >= 15 is 0 Å². The molecule has 32 heavy (non-hydrogen) atoms. The van der Waals surface area contributed by atoms with Crippen molar-refractivity contribution in [3.63, 3.8) is 0 Å². The topological polar surface area (TPSA) is 78.8 Å². The van der Waals surface area contributed by atoms with Crippen LogP contribution >= 0.6 is 11.6 Å². The third kappa shape index (κ3) is 4.21. The summed E-state index contributed by atoms with van der Waals surface area (Å²) in [6, 6.07) is 18.5. The lowest BCUT2D eigenvalue weighted by atomic mass is 9.98. The van der Waals surface area contributed by atoms with Crippen molar-refractivity contribution in [2.24, 2.45) is 0 Å². The van der Waals surface area contributed by atoms with Crippen LogP contribution in [0.15, 0.2) is 60.7 Å². The number of aliphatic hydroxyl groups excluding tert-OH is 2. The Morgan fingerprint density at radius 1 is 1.06 bits per heavy atom. The van der Waals surface area contributed by atoms with Crippen LogP contribution in [0, 0.1) is 12.7 Å². The molecule has 3 aromatic carbocycles. The Balaban J connectivity index is 1.36. The van der Waals surface area contributed by atoms with E-state index in [4.69, 9.17) is 16.3 Å². The van der Waals surface area contributed by atoms with Gasteiger partial charge in [-0.05, 0) is 35.2 Å². The van der Waals surface area contributed by atoms with Crippen LogP contribution in [-0.2, 0) is 4.74 Å². The Morgan fingerprint density at radius 2 is 1.66 bits per heavy atom. The number of ether oxygens (including phenoxy) is 1. The molecule has 0 radical (unpaired) electrons. The molecule has 7 heteroatoms. The summed E-state index contributed by atoms with van der Waals surface area (Å²) in [6.07, 6.45) is -3.45. The average molecular weight is 456 g/mol. The molecule has 2 unspecified atom stereocenters. The zero-order valence-corrected chi connectivity index (χ0v) is 18.1. The van der Waals surface area contributed by atoms with Gasteiger partial charge in [0.25, 0.3) is 0 Å². The largest absolute Gasteiger partial charge is 0.449 e. The van der Waals surface area contributed by atoms with Crippen molar-refractivity contribution in [3.05, 3.63) is 93.8 Å². The van der Waals surface area contributed by atoms with Crippen LogP contribution in [-0.4, -0.2) is 35.6 Å². The molecule has 0 aromatic heterocycles. The molecular formula is C25H23ClFNO4. The van der Waals surface area contributed by atoms with Crippen LogP contribution < -0.4 is 5.32 Å². The van der Waals surface area contributed by atoms with E-state index in [1.807, 2.05) is 48.5 Å². The van der Waals surface area contributed by atoms with Gasteiger partial charge in [-0.3, -0.25) is 0 Å². The van der Waals surface area contributed by atoms with E-state index in [1.54, 1.807) is 0 Å². The highest BCUT2D eigenvalue weighted by Crippen LogP contribution is 2.44. The molecule has 1 amide bonds. The van der Waals surface area contributed by atoms with Crippen molar-refractivity contribution < 1.29 is 24.1 Å². The lowest BCUT2D eigenvalue weighted by Crippen LogP contribution is -2.36. The Kier molecular flexibility index (Phi) is 6.46. The van der Waals surface area contributed by atoms with Gasteiger partial charge in [0.1, 0.15) is 24.6 Å². The summed E-state index contributed by atoms with van der Waals surface area (Å²) in [6.45, 7) is 1.36. The molecule has 166 valence electrons. The Hall–Kier alpha value is -2.93. The van der Waals surface area contributed by atoms with E-state index in [0.29, 0.717) is 0 Å². The molecule has 0 fully saturated rings. The van der Waals surface area contributed by atoms with Gasteiger partial charge in [0, 0.05) is 23.6 Å². The summed E-state index contributed by atoms with van der Waals surface area (Å²) in [4.78, 5) is 12.3. The smallest absolute Gasteiger partial charge is 0.407 e. The number of alkyl carbamates (subject to hydrolysis) is 1. The molecule has 4 rings (SSSR count). The van der Waals surface area contributed by atoms with Crippen LogP contribution in [0.25, 0.3) is 11.1 Å². The minimum Gasteiger partial charge on any atom is -0.449 e. The number of aliphatic hydroxyl groups is 2. The first kappa shape index (κ1) is 22.3. The predicted molar refractivity (Wildman–Crippen MR) is 120 cm³/mol. The van der Waals surface area contributed by atoms with E-state index < -0.39 is 24.1 Å². The fourth-order valence-corrected chi connectivity index (χ4v) is 4.33. The third-order valence-electron chi connectivity index (χ3n) is 5.83. The van der Waals surface area contributed by atoms with Gasteiger partial charge in [-0.2, -0.15) is 0 Å². The van der Waals surface area contributed by atoms with Crippen molar-refractivity contribution in [1.82, 2.24) is 5.32 Å². The number of hydrogen-bond acceptors (Lipinski definition) is 4. The molecule has 0 saturated carbocycles. The normalized spacial score (nSPS) is 14.4. The number of carbonyl (C=O) groups excluding carboxylic acids is 1. The third-order valence-corrected chi connectivity index (χ3v) is 6.33. The van der Waals surface area contributed by atoms with E-state index in [2.05, 4.69) is 5.32 Å². The molecule has 0 spiro atoms. The second-order valence-electron chi connectivity index (χ2n) is 7.79. The summed E-state index contributed by atoms with van der Waals surface area (Å²) in [5.41, 5.74) is 4.81. The molecular weight excluding hydrogens is 433 g/mol. The van der Waals surface area contributed by atoms with E-state index in [-0.39, 0.29) is 35.2 Å². The molecule has 0 saturated heterocycles. The first-order chi connectivity index (χ1) is 15.4. The van der Waals surface area contributed by atoms with E-state index in [0.717, 1.165) is 22.3 Å². The van der Waals surface area contributed by atoms with Crippen LogP contribution in [0.1, 0.15) is 34.3 Å². The van der Waals surface area contributed by atoms with Gasteiger partial charge in [0.2, 0.25) is 0 Å². The van der Waals surface area contributed by atoms with E-state index in [9.17, 15) is 19.4 Å². The standard InChI is InChI=1S/C25H23ClFNO4/c1-14-21(27)11-10-19(23(14)26)24(30)22(29)12-28-25(31)32-13-20-17-8-4-2-6-15(17)16-7-3-5-9-18(16)20/h2-11,20,22,24,29-30H,12-13H2,1H3,(H,28,31). The fraction of sp³-hybridized carbons (Fsp3) is 0.240. The van der Waals surface area contributed by atoms with E-state index in [1.165, 1.54) is 19.1 Å². The molecule has 3 N–H and O–H groups in total. The van der Waals surface area contributed by atoms with Crippen molar-refractivity contribution in [2.45, 2.75) is 25.0 Å². The summed E-state index contributed by atoms with van der Waals surface area (Å²) >= 11 is 6.08. The number of fused-ring (bicyclic) bond motifs is 3. The highest BCUT2D eigenvalue weighted by atomic mass is 35.5. The van der Waals surface area contributed by atoms with Crippen LogP contribution in [0.3, 0.4) is 0 Å². The van der Waals surface area contributed by atoms with Crippen LogP contribution in [0.5, 0.6) is 0 Å². The maximum Gasteiger partial charge on any atom is 0.407 e. The van der Waals surface area contributed by atoms with Crippen LogP contribution in [0.2, 0.25) is 5.02 Å². The summed E-state index contributed by atoms with van der Waals surface area (Å²) in [5.74, 6) is -0.582. The lowest BCUT2D eigenvalue weighted by molar-refractivity contribution is 0.0185. The lowest BCUT2D eigenvalue weighted by Gasteiger charge is -2.21. The number of amides is 1. The molecule has 5 nitrogen and oxygen atoms in total.